The van der Waals surface area contributed by atoms with Gasteiger partial charge in [-0.25, -0.2) is 0 Å². The number of epoxide rings is 1. The van der Waals surface area contributed by atoms with Gasteiger partial charge in [0.25, 0.3) is 0 Å². The molecule has 5 fully saturated rings. The van der Waals surface area contributed by atoms with Crippen LogP contribution < -0.4 is 0 Å². The molecule has 2 heterocycles. The molecule has 3 N–H and O–H groups in total. The van der Waals surface area contributed by atoms with Crippen LogP contribution in [0.1, 0.15) is 62.3 Å². The molecule has 2 aliphatic heterocycles. The van der Waals surface area contributed by atoms with E-state index in [9.17, 15) is 20.1 Å². The summed E-state index contributed by atoms with van der Waals surface area (Å²) in [6, 6.07) is 0. The van der Waals surface area contributed by atoms with Crippen molar-refractivity contribution in [2.24, 2.45) is 35.0 Å². The van der Waals surface area contributed by atoms with Gasteiger partial charge in [0.1, 0.15) is 17.3 Å². The Hall–Kier alpha value is -0.870. The molecule has 0 aromatic carbocycles. The number of hydrogen-bond donors (Lipinski definition) is 3. The van der Waals surface area contributed by atoms with Crippen molar-refractivity contribution < 1.29 is 39.1 Å². The number of aliphatic hydroxyl groups is 3. The highest BCUT2D eigenvalue weighted by Crippen LogP contribution is 2.80. The first kappa shape index (κ1) is 25.4. The van der Waals surface area contributed by atoms with E-state index < -0.39 is 75.5 Å². The minimum atomic E-state index is -2.04. The van der Waals surface area contributed by atoms with E-state index in [1.54, 1.807) is 26.8 Å². The molecule has 0 aromatic rings. The number of carbonyl (C=O) groups is 1. The van der Waals surface area contributed by atoms with Crippen molar-refractivity contribution in [3.05, 3.63) is 11.6 Å². The van der Waals surface area contributed by atoms with E-state index in [1.165, 1.54) is 0 Å². The van der Waals surface area contributed by atoms with E-state index >= 15 is 0 Å². The molecule has 0 aromatic heterocycles. The molecule has 0 radical (unpaired) electrons. The van der Waals surface area contributed by atoms with Crippen molar-refractivity contribution in [1.29, 1.82) is 0 Å². The van der Waals surface area contributed by atoms with Crippen molar-refractivity contribution >= 4 is 5.78 Å². The Morgan fingerprint density at radius 1 is 1.11 bits per heavy atom. The smallest absolute Gasteiger partial charge is 0.193 e. The van der Waals surface area contributed by atoms with E-state index in [4.69, 9.17) is 18.9 Å². The normalized spacial score (nSPS) is 56.4. The summed E-state index contributed by atoms with van der Waals surface area (Å²) in [7, 11) is 0. The third kappa shape index (κ3) is 2.54. The monoisotopic (exact) mass is 506 g/mol. The lowest BCUT2D eigenvalue weighted by atomic mass is 9.58. The summed E-state index contributed by atoms with van der Waals surface area (Å²) >= 11 is 0. The highest BCUT2D eigenvalue weighted by atomic mass is 16.8. The number of hydrogen-bond acceptors (Lipinski definition) is 8. The quantitative estimate of drug-likeness (QED) is 0.498. The minimum Gasteiger partial charge on any atom is -0.390 e. The van der Waals surface area contributed by atoms with E-state index in [-0.39, 0.29) is 24.5 Å². The molecule has 202 valence electrons. The molecular weight excluding hydrogens is 464 g/mol. The van der Waals surface area contributed by atoms with Crippen molar-refractivity contribution in [3.63, 3.8) is 0 Å². The molecule has 36 heavy (non-hydrogen) atoms. The molecule has 1 spiro atoms. The summed E-state index contributed by atoms with van der Waals surface area (Å²) in [4.78, 5) is 13.7. The van der Waals surface area contributed by atoms with Crippen LogP contribution in [0.15, 0.2) is 11.6 Å². The van der Waals surface area contributed by atoms with Crippen LogP contribution in [-0.4, -0.2) is 80.3 Å². The molecule has 8 heteroatoms. The predicted octanol–water partition coefficient (Wildman–Crippen LogP) is 1.98. The summed E-state index contributed by atoms with van der Waals surface area (Å²) in [5.41, 5.74) is -5.71. The number of carbonyl (C=O) groups excluding carboxylic acids is 1. The molecule has 8 nitrogen and oxygen atoms in total. The van der Waals surface area contributed by atoms with Crippen LogP contribution in [0.25, 0.3) is 0 Å². The van der Waals surface area contributed by atoms with E-state index in [0.29, 0.717) is 5.57 Å². The molecule has 12 atom stereocenters. The van der Waals surface area contributed by atoms with Crippen LogP contribution in [0.4, 0.5) is 0 Å². The van der Waals surface area contributed by atoms with Gasteiger partial charge in [-0.3, -0.25) is 4.79 Å². The summed E-state index contributed by atoms with van der Waals surface area (Å²) in [6.07, 6.45) is -0.946. The Morgan fingerprint density at radius 2 is 1.75 bits per heavy atom. The maximum Gasteiger partial charge on any atom is 0.193 e. The minimum absolute atomic E-state index is 0.107. The van der Waals surface area contributed by atoms with Crippen molar-refractivity contribution in [2.75, 3.05) is 6.61 Å². The van der Waals surface area contributed by atoms with Crippen LogP contribution >= 0.6 is 0 Å². The lowest BCUT2D eigenvalue weighted by Crippen LogP contribution is -2.70. The van der Waals surface area contributed by atoms with Gasteiger partial charge in [0.2, 0.25) is 0 Å². The second-order valence-electron chi connectivity index (χ2n) is 13.9. The molecule has 3 saturated carbocycles. The fraction of sp³-hybridized carbons (Fsp3) is 0.893. The lowest BCUT2D eigenvalue weighted by molar-refractivity contribution is -0.330. The standard InChI is InChI=1S/C28H42O8/c1-12(2)15(5)34-28-18(23(28,6)7)17-21-25(35-21)11-33-24(8,9)36-22(25)27(32)16(10-13(3)19(27)29)26(17,31)14(4)20(28)30/h10,12,14-18,20-22,30-32H,11H2,1-9H3/t14-,15?,16+,17-,18-,20-,21+,22-,25+,26+,27-,28-/m1/s1. The zero-order chi connectivity index (χ0) is 26.6. The Morgan fingerprint density at radius 3 is 2.36 bits per heavy atom. The molecule has 0 bridgehead atoms. The highest BCUT2D eigenvalue weighted by molar-refractivity contribution is 6.05. The second kappa shape index (κ2) is 6.82. The fourth-order valence-corrected chi connectivity index (χ4v) is 8.75. The molecule has 4 aliphatic carbocycles. The topological polar surface area (TPSA) is 118 Å². The Bertz CT molecular complexity index is 1050. The zero-order valence-corrected chi connectivity index (χ0v) is 22.9. The Labute approximate surface area is 213 Å². The number of ketones is 1. The van der Waals surface area contributed by atoms with Crippen molar-refractivity contribution in [1.82, 2.24) is 0 Å². The van der Waals surface area contributed by atoms with Gasteiger partial charge < -0.3 is 34.3 Å². The van der Waals surface area contributed by atoms with Crippen LogP contribution in [0, 0.1) is 35.0 Å². The van der Waals surface area contributed by atoms with Crippen molar-refractivity contribution in [3.8, 4) is 0 Å². The second-order valence-corrected chi connectivity index (χ2v) is 13.9. The summed E-state index contributed by atoms with van der Waals surface area (Å²) in [5.74, 6) is -3.68. The first-order valence-corrected chi connectivity index (χ1v) is 13.5. The molecular formula is C28H42O8. The third-order valence-corrected chi connectivity index (χ3v) is 11.1. The first-order valence-electron chi connectivity index (χ1n) is 13.5. The van der Waals surface area contributed by atoms with Crippen LogP contribution in [0.2, 0.25) is 0 Å². The summed E-state index contributed by atoms with van der Waals surface area (Å²) < 4.78 is 25.5. The fourth-order valence-electron chi connectivity index (χ4n) is 8.75. The van der Waals surface area contributed by atoms with Crippen LogP contribution in [-0.2, 0) is 23.7 Å². The van der Waals surface area contributed by atoms with Gasteiger partial charge in [-0.1, -0.05) is 40.7 Å². The highest BCUT2D eigenvalue weighted by Gasteiger charge is 2.92. The summed E-state index contributed by atoms with van der Waals surface area (Å²) in [6.45, 7) is 17.5. The van der Waals surface area contributed by atoms with Gasteiger partial charge in [0.15, 0.2) is 17.2 Å². The van der Waals surface area contributed by atoms with Gasteiger partial charge in [-0.2, -0.15) is 0 Å². The Balaban J connectivity index is 1.55. The van der Waals surface area contributed by atoms with Gasteiger partial charge in [-0.05, 0) is 39.2 Å². The van der Waals surface area contributed by atoms with Crippen LogP contribution in [0.3, 0.4) is 0 Å². The van der Waals surface area contributed by atoms with E-state index in [2.05, 4.69) is 27.7 Å². The average molecular weight is 507 g/mol. The van der Waals surface area contributed by atoms with Gasteiger partial charge in [0.05, 0.1) is 30.5 Å². The molecule has 6 rings (SSSR count). The number of aliphatic hydroxyl groups excluding tert-OH is 1. The Kier molecular flexibility index (Phi) is 4.81. The summed E-state index contributed by atoms with van der Waals surface area (Å²) in [5, 5.41) is 37.0. The lowest BCUT2D eigenvalue weighted by Gasteiger charge is -2.54. The molecule has 0 amide bonds. The molecule has 2 saturated heterocycles. The number of ether oxygens (including phenoxy) is 4. The molecule has 6 aliphatic rings. The number of rotatable bonds is 3. The third-order valence-electron chi connectivity index (χ3n) is 11.1. The SMILES string of the molecule is CC1=C[C@@H]2[C@@](O)(C1=O)[C@@H]1OC(C)(C)OC[C@@]13O[C@H]3[C@H]1[C@@H]3C(C)(C)[C@]3(OC(C)C(C)C)[C@H](O)[C@@H](C)[C@@]12O. The van der Waals surface area contributed by atoms with Crippen molar-refractivity contribution in [2.45, 2.75) is 115 Å². The largest absolute Gasteiger partial charge is 0.390 e. The van der Waals surface area contributed by atoms with E-state index in [1.807, 2.05) is 13.8 Å². The number of Topliss-reactive ketones (excluding diaryl/α,β-unsaturated/α-hetero) is 1. The van der Waals surface area contributed by atoms with Gasteiger partial charge >= 0.3 is 0 Å². The zero-order valence-electron chi connectivity index (χ0n) is 22.9. The van der Waals surface area contributed by atoms with Gasteiger partial charge in [-0.15, -0.1) is 0 Å². The van der Waals surface area contributed by atoms with Crippen LogP contribution in [0.5, 0.6) is 0 Å². The first-order chi connectivity index (χ1) is 16.4. The average Bonchev–Trinajstić information content (AvgIpc) is 3.59. The number of fused-ring (bicyclic) bond motifs is 7. The molecule has 1 unspecified atom stereocenters. The van der Waals surface area contributed by atoms with Gasteiger partial charge in [0, 0.05) is 29.1 Å². The maximum absolute atomic E-state index is 13.7. The predicted molar refractivity (Wildman–Crippen MR) is 129 cm³/mol. The van der Waals surface area contributed by atoms with E-state index in [0.717, 1.165) is 0 Å². The maximum atomic E-state index is 13.7.